The molecule has 2 aromatic rings. The summed E-state index contributed by atoms with van der Waals surface area (Å²) in [5.74, 6) is 0.0124. The highest BCUT2D eigenvalue weighted by Gasteiger charge is 2.35. The Bertz CT molecular complexity index is 950. The van der Waals surface area contributed by atoms with Crippen LogP contribution >= 0.6 is 24.0 Å². The summed E-state index contributed by atoms with van der Waals surface area (Å²) in [6.07, 6.45) is 4.91. The summed E-state index contributed by atoms with van der Waals surface area (Å²) in [6.45, 7) is 3.51. The number of likely N-dealkylation sites (N-methyl/N-ethyl adjacent to an activating group) is 1. The summed E-state index contributed by atoms with van der Waals surface area (Å²) in [5, 5.41) is 0. The quantitative estimate of drug-likeness (QED) is 0.548. The first-order valence-corrected chi connectivity index (χ1v) is 10.3. The molecule has 0 radical (unpaired) electrons. The molecule has 0 unspecified atom stereocenters. The number of nitrogens with zero attached hydrogens (tertiary/aromatic N) is 2. The van der Waals surface area contributed by atoms with Crippen LogP contribution in [-0.2, 0) is 11.2 Å². The summed E-state index contributed by atoms with van der Waals surface area (Å²) in [5.41, 5.74) is 4.45. The van der Waals surface area contributed by atoms with Crippen molar-refractivity contribution in [2.24, 2.45) is 0 Å². The second-order valence-electron chi connectivity index (χ2n) is 6.41. The number of anilines is 1. The van der Waals surface area contributed by atoms with E-state index in [0.717, 1.165) is 29.3 Å². The van der Waals surface area contributed by atoms with Crippen LogP contribution in [0.15, 0.2) is 71.3 Å². The fourth-order valence-corrected chi connectivity index (χ4v) is 4.80. The Hall–Kier alpha value is -2.37. The maximum Gasteiger partial charge on any atom is 0.268 e. The van der Waals surface area contributed by atoms with Gasteiger partial charge in [-0.15, -0.1) is 0 Å². The first-order valence-electron chi connectivity index (χ1n) is 9.05. The van der Waals surface area contributed by atoms with E-state index in [1.165, 1.54) is 22.9 Å². The molecule has 2 aliphatic rings. The van der Waals surface area contributed by atoms with Gasteiger partial charge in [0, 0.05) is 18.8 Å². The SMILES string of the molecule is CCN1C(=C2SC(=S)N(CCc3ccccc3)C2=O)C=Cc2ccccc21. The minimum absolute atomic E-state index is 0.0124. The number of para-hydroxylation sites is 1. The van der Waals surface area contributed by atoms with Crippen LogP contribution in [0.5, 0.6) is 0 Å². The predicted octanol–water partition coefficient (Wildman–Crippen LogP) is 4.85. The van der Waals surface area contributed by atoms with E-state index in [4.69, 9.17) is 12.2 Å². The van der Waals surface area contributed by atoms with Crippen molar-refractivity contribution in [2.45, 2.75) is 13.3 Å². The molecule has 5 heteroatoms. The van der Waals surface area contributed by atoms with E-state index in [0.29, 0.717) is 10.9 Å². The Morgan fingerprint density at radius 3 is 2.48 bits per heavy atom. The second kappa shape index (κ2) is 7.71. The van der Waals surface area contributed by atoms with Crippen molar-refractivity contribution in [3.8, 4) is 0 Å². The van der Waals surface area contributed by atoms with Crippen molar-refractivity contribution in [1.29, 1.82) is 0 Å². The largest absolute Gasteiger partial charge is 0.340 e. The molecule has 0 aromatic heterocycles. The third-order valence-corrected chi connectivity index (χ3v) is 6.26. The van der Waals surface area contributed by atoms with E-state index in [2.05, 4.69) is 42.2 Å². The fraction of sp³-hybridized carbons (Fsp3) is 0.182. The van der Waals surface area contributed by atoms with Gasteiger partial charge in [-0.05, 0) is 36.6 Å². The van der Waals surface area contributed by atoms with Gasteiger partial charge in [-0.25, -0.2) is 0 Å². The molecular formula is C22H20N2OS2. The number of carbonyl (C=O) groups excluding carboxylic acids is 1. The van der Waals surface area contributed by atoms with E-state index in [1.807, 2.05) is 36.4 Å². The fourth-order valence-electron chi connectivity index (χ4n) is 3.43. The molecule has 136 valence electrons. The zero-order valence-electron chi connectivity index (χ0n) is 15.1. The van der Waals surface area contributed by atoms with E-state index in [1.54, 1.807) is 4.90 Å². The number of hydrogen-bond acceptors (Lipinski definition) is 4. The highest BCUT2D eigenvalue weighted by atomic mass is 32.2. The Kier molecular flexibility index (Phi) is 5.14. The van der Waals surface area contributed by atoms with Gasteiger partial charge in [0.05, 0.1) is 5.70 Å². The topological polar surface area (TPSA) is 23.6 Å². The first kappa shape index (κ1) is 18.0. The molecule has 0 saturated carbocycles. The summed E-state index contributed by atoms with van der Waals surface area (Å²) in [7, 11) is 0. The Labute approximate surface area is 169 Å². The molecule has 0 aliphatic carbocycles. The summed E-state index contributed by atoms with van der Waals surface area (Å²) >= 11 is 6.94. The second-order valence-corrected chi connectivity index (χ2v) is 8.06. The molecule has 2 aromatic carbocycles. The number of benzene rings is 2. The van der Waals surface area contributed by atoms with Crippen molar-refractivity contribution < 1.29 is 4.79 Å². The molecule has 0 bridgehead atoms. The van der Waals surface area contributed by atoms with Gasteiger partial charge in [-0.3, -0.25) is 9.69 Å². The Morgan fingerprint density at radius 2 is 1.70 bits per heavy atom. The van der Waals surface area contributed by atoms with E-state index in [-0.39, 0.29) is 5.91 Å². The maximum absolute atomic E-state index is 13.1. The lowest BCUT2D eigenvalue weighted by atomic mass is 10.1. The minimum Gasteiger partial charge on any atom is -0.340 e. The summed E-state index contributed by atoms with van der Waals surface area (Å²) in [4.78, 5) is 17.8. The van der Waals surface area contributed by atoms with Gasteiger partial charge in [-0.1, -0.05) is 78.6 Å². The standard InChI is InChI=1S/C22H20N2OS2/c1-2-23-18-11-7-6-10-17(18)12-13-19(23)20-21(25)24(22(26)27-20)15-14-16-8-4-3-5-9-16/h3-13H,2,14-15H2,1H3. The van der Waals surface area contributed by atoms with Crippen molar-refractivity contribution in [1.82, 2.24) is 4.90 Å². The lowest BCUT2D eigenvalue weighted by Crippen LogP contribution is -2.32. The normalized spacial score (nSPS) is 19.0. The zero-order chi connectivity index (χ0) is 18.8. The molecule has 0 atom stereocenters. The number of thioether (sulfide) groups is 1. The molecular weight excluding hydrogens is 372 g/mol. The van der Waals surface area contributed by atoms with Crippen LogP contribution in [0.3, 0.4) is 0 Å². The van der Waals surface area contributed by atoms with Gasteiger partial charge in [0.1, 0.15) is 9.23 Å². The molecule has 1 fully saturated rings. The van der Waals surface area contributed by atoms with Crippen LogP contribution in [0.25, 0.3) is 6.08 Å². The molecule has 1 saturated heterocycles. The van der Waals surface area contributed by atoms with Crippen LogP contribution in [0.1, 0.15) is 18.1 Å². The van der Waals surface area contributed by atoms with Gasteiger partial charge in [0.15, 0.2) is 0 Å². The van der Waals surface area contributed by atoms with Gasteiger partial charge < -0.3 is 4.90 Å². The number of thiocarbonyl (C=S) groups is 1. The van der Waals surface area contributed by atoms with Gasteiger partial charge in [0.25, 0.3) is 5.91 Å². The zero-order valence-corrected chi connectivity index (χ0v) is 16.7. The lowest BCUT2D eigenvalue weighted by molar-refractivity contribution is -0.122. The van der Waals surface area contributed by atoms with Crippen molar-refractivity contribution in [2.75, 3.05) is 18.0 Å². The van der Waals surface area contributed by atoms with Gasteiger partial charge in [-0.2, -0.15) is 0 Å². The monoisotopic (exact) mass is 392 g/mol. The van der Waals surface area contributed by atoms with Crippen molar-refractivity contribution >= 4 is 46.0 Å². The molecule has 3 nitrogen and oxygen atoms in total. The molecule has 0 N–H and O–H groups in total. The molecule has 2 aliphatic heterocycles. The number of amides is 1. The third kappa shape index (κ3) is 3.45. The van der Waals surface area contributed by atoms with Crippen LogP contribution in [0.2, 0.25) is 0 Å². The number of rotatable bonds is 4. The number of hydrogen-bond donors (Lipinski definition) is 0. The lowest BCUT2D eigenvalue weighted by Gasteiger charge is -2.30. The predicted molar refractivity (Wildman–Crippen MR) is 118 cm³/mol. The van der Waals surface area contributed by atoms with E-state index < -0.39 is 0 Å². The van der Waals surface area contributed by atoms with Crippen molar-refractivity contribution in [3.05, 3.63) is 82.4 Å². The van der Waals surface area contributed by atoms with Crippen molar-refractivity contribution in [3.63, 3.8) is 0 Å². The first-order chi connectivity index (χ1) is 13.2. The highest BCUT2D eigenvalue weighted by molar-refractivity contribution is 8.26. The van der Waals surface area contributed by atoms with Crippen LogP contribution in [0, 0.1) is 0 Å². The van der Waals surface area contributed by atoms with Gasteiger partial charge in [0.2, 0.25) is 0 Å². The highest BCUT2D eigenvalue weighted by Crippen LogP contribution is 2.39. The Morgan fingerprint density at radius 1 is 0.963 bits per heavy atom. The van der Waals surface area contributed by atoms with Crippen LogP contribution in [0.4, 0.5) is 5.69 Å². The molecule has 0 spiro atoms. The van der Waals surface area contributed by atoms with E-state index >= 15 is 0 Å². The molecule has 2 heterocycles. The smallest absolute Gasteiger partial charge is 0.268 e. The van der Waals surface area contributed by atoms with Gasteiger partial charge >= 0.3 is 0 Å². The number of carbonyl (C=O) groups is 1. The Balaban J connectivity index is 1.61. The number of fused-ring (bicyclic) bond motifs is 1. The average Bonchev–Trinajstić information content (AvgIpc) is 2.99. The average molecular weight is 393 g/mol. The molecule has 1 amide bonds. The molecule has 4 rings (SSSR count). The summed E-state index contributed by atoms with van der Waals surface area (Å²) in [6, 6.07) is 18.4. The number of allylic oxidation sites excluding steroid dienone is 1. The minimum atomic E-state index is 0.0124. The summed E-state index contributed by atoms with van der Waals surface area (Å²) < 4.78 is 0.641. The van der Waals surface area contributed by atoms with Crippen LogP contribution in [-0.4, -0.2) is 28.2 Å². The van der Waals surface area contributed by atoms with Crippen LogP contribution < -0.4 is 4.90 Å². The maximum atomic E-state index is 13.1. The molecule has 27 heavy (non-hydrogen) atoms. The van der Waals surface area contributed by atoms with E-state index in [9.17, 15) is 4.79 Å². The third-order valence-electron chi connectivity index (χ3n) is 4.80.